The predicted octanol–water partition coefficient (Wildman–Crippen LogP) is 3.80. The van der Waals surface area contributed by atoms with E-state index in [9.17, 15) is 9.18 Å². The summed E-state index contributed by atoms with van der Waals surface area (Å²) in [7, 11) is 1.51. The number of carbonyl (C=O) groups excluding carboxylic acids is 1. The number of hydrogen-bond donors (Lipinski definition) is 0. The quantitative estimate of drug-likeness (QED) is 0.787. The van der Waals surface area contributed by atoms with Gasteiger partial charge in [0.2, 0.25) is 0 Å². The summed E-state index contributed by atoms with van der Waals surface area (Å²) in [6.07, 6.45) is 1.14. The van der Waals surface area contributed by atoms with Gasteiger partial charge in [-0.2, -0.15) is 0 Å². The van der Waals surface area contributed by atoms with Gasteiger partial charge in [-0.1, -0.05) is 37.6 Å². The molecule has 0 spiro atoms. The average molecular weight is 273 g/mol. The van der Waals surface area contributed by atoms with Gasteiger partial charge in [-0.25, -0.2) is 4.39 Å². The first-order valence-electron chi connectivity index (χ1n) is 6.02. The summed E-state index contributed by atoms with van der Waals surface area (Å²) < 4.78 is 19.1. The molecular formula is C14H18ClFO2. The molecule has 0 saturated heterocycles. The molecule has 0 aromatic heterocycles. The third-order valence-electron chi connectivity index (χ3n) is 3.42. The molecule has 1 aromatic rings. The molecule has 0 aliphatic rings. The number of rotatable bonds is 6. The van der Waals surface area contributed by atoms with E-state index in [1.54, 1.807) is 12.1 Å². The molecule has 0 saturated carbocycles. The highest BCUT2D eigenvalue weighted by Gasteiger charge is 2.34. The molecule has 0 radical (unpaired) electrons. The molecule has 0 atom stereocenters. The van der Waals surface area contributed by atoms with E-state index in [1.165, 1.54) is 13.2 Å². The van der Waals surface area contributed by atoms with Gasteiger partial charge >= 0.3 is 0 Å². The molecule has 0 N–H and O–H groups in total. The van der Waals surface area contributed by atoms with E-state index in [1.807, 2.05) is 13.8 Å². The minimum absolute atomic E-state index is 0.00190. The molecule has 4 heteroatoms. The minimum Gasteiger partial charge on any atom is -0.370 e. The van der Waals surface area contributed by atoms with Gasteiger partial charge in [-0.15, -0.1) is 0 Å². The van der Waals surface area contributed by atoms with Crippen molar-refractivity contribution in [3.05, 3.63) is 34.6 Å². The molecule has 18 heavy (non-hydrogen) atoms. The zero-order valence-corrected chi connectivity index (χ0v) is 11.7. The second kappa shape index (κ2) is 6.30. The van der Waals surface area contributed by atoms with Gasteiger partial charge in [0.05, 0.1) is 5.02 Å². The molecule has 0 aliphatic heterocycles. The molecule has 0 amide bonds. The summed E-state index contributed by atoms with van der Waals surface area (Å²) in [4.78, 5) is 12.3. The number of Topliss-reactive ketones (excluding diaryl/α,β-unsaturated/α-hetero) is 1. The van der Waals surface area contributed by atoms with Crippen molar-refractivity contribution in [3.63, 3.8) is 0 Å². The molecule has 0 unspecified atom stereocenters. The van der Waals surface area contributed by atoms with Gasteiger partial charge in [0, 0.05) is 13.5 Å². The second-order valence-corrected chi connectivity index (χ2v) is 4.63. The van der Waals surface area contributed by atoms with Crippen molar-refractivity contribution in [3.8, 4) is 0 Å². The summed E-state index contributed by atoms with van der Waals surface area (Å²) in [5, 5.41) is 0.0383. The Labute approximate surface area is 112 Å². The van der Waals surface area contributed by atoms with Crippen LogP contribution in [0.3, 0.4) is 0 Å². The molecule has 0 aliphatic carbocycles. The first-order chi connectivity index (χ1) is 8.50. The Bertz CT molecular complexity index is 420. The van der Waals surface area contributed by atoms with Crippen molar-refractivity contribution in [1.82, 2.24) is 0 Å². The number of methoxy groups -OCH3 is 1. The van der Waals surface area contributed by atoms with Crippen molar-refractivity contribution < 1.29 is 13.9 Å². The Morgan fingerprint density at radius 2 is 2.00 bits per heavy atom. The molecular weight excluding hydrogens is 255 g/mol. The largest absolute Gasteiger partial charge is 0.370 e. The monoisotopic (exact) mass is 272 g/mol. The SMILES string of the molecule is CCC(CC)(OC)C(=O)Cc1cccc(Cl)c1F. The summed E-state index contributed by atoms with van der Waals surface area (Å²) in [5.74, 6) is -0.638. The van der Waals surface area contributed by atoms with Gasteiger partial charge < -0.3 is 4.74 Å². The van der Waals surface area contributed by atoms with Gasteiger partial charge in [0.15, 0.2) is 5.78 Å². The molecule has 1 aromatic carbocycles. The van der Waals surface area contributed by atoms with Crippen molar-refractivity contribution in [2.75, 3.05) is 7.11 Å². The Balaban J connectivity index is 2.97. The number of ketones is 1. The van der Waals surface area contributed by atoms with Crippen LogP contribution in [0.25, 0.3) is 0 Å². The number of benzene rings is 1. The Morgan fingerprint density at radius 1 is 1.39 bits per heavy atom. The van der Waals surface area contributed by atoms with Crippen LogP contribution >= 0.6 is 11.6 Å². The van der Waals surface area contributed by atoms with Crippen LogP contribution < -0.4 is 0 Å². The summed E-state index contributed by atoms with van der Waals surface area (Å²) in [6.45, 7) is 3.78. The van der Waals surface area contributed by atoms with E-state index in [0.29, 0.717) is 18.4 Å². The molecule has 0 fully saturated rings. The molecule has 2 nitrogen and oxygen atoms in total. The Hall–Kier alpha value is -0.930. The summed E-state index contributed by atoms with van der Waals surface area (Å²) >= 11 is 5.70. The van der Waals surface area contributed by atoms with Gasteiger partial charge in [0.1, 0.15) is 11.4 Å². The van der Waals surface area contributed by atoms with Crippen molar-refractivity contribution in [1.29, 1.82) is 0 Å². The number of hydrogen-bond acceptors (Lipinski definition) is 2. The van der Waals surface area contributed by atoms with Crippen LogP contribution in [0.15, 0.2) is 18.2 Å². The number of ether oxygens (including phenoxy) is 1. The van der Waals surface area contributed by atoms with E-state index in [-0.39, 0.29) is 17.2 Å². The maximum Gasteiger partial charge on any atom is 0.169 e. The molecule has 0 bridgehead atoms. The molecule has 0 heterocycles. The third kappa shape index (κ3) is 2.90. The van der Waals surface area contributed by atoms with Crippen LogP contribution in [0.5, 0.6) is 0 Å². The minimum atomic E-state index is -0.825. The van der Waals surface area contributed by atoms with E-state index >= 15 is 0 Å². The van der Waals surface area contributed by atoms with E-state index in [0.717, 1.165) is 0 Å². The number of halogens is 2. The second-order valence-electron chi connectivity index (χ2n) is 4.22. The Kier molecular flexibility index (Phi) is 5.29. The van der Waals surface area contributed by atoms with E-state index in [2.05, 4.69) is 0 Å². The molecule has 1 rings (SSSR count). The fourth-order valence-electron chi connectivity index (χ4n) is 2.07. The third-order valence-corrected chi connectivity index (χ3v) is 3.72. The fraction of sp³-hybridized carbons (Fsp3) is 0.500. The van der Waals surface area contributed by atoms with Gasteiger partial charge in [0.25, 0.3) is 0 Å². The van der Waals surface area contributed by atoms with Crippen LogP contribution in [0.4, 0.5) is 4.39 Å². The Morgan fingerprint density at radius 3 is 2.50 bits per heavy atom. The van der Waals surface area contributed by atoms with Crippen molar-refractivity contribution in [2.24, 2.45) is 0 Å². The van der Waals surface area contributed by atoms with Crippen LogP contribution in [0, 0.1) is 5.82 Å². The smallest absolute Gasteiger partial charge is 0.169 e. The van der Waals surface area contributed by atoms with E-state index < -0.39 is 11.4 Å². The van der Waals surface area contributed by atoms with Crippen LogP contribution in [-0.2, 0) is 16.0 Å². The highest BCUT2D eigenvalue weighted by atomic mass is 35.5. The lowest BCUT2D eigenvalue weighted by Crippen LogP contribution is -2.40. The standard InChI is InChI=1S/C14H18ClFO2/c1-4-14(5-2,18-3)12(17)9-10-7-6-8-11(15)13(10)16/h6-8H,4-5,9H2,1-3H3. The maximum atomic E-state index is 13.7. The zero-order chi connectivity index (χ0) is 13.8. The fourth-order valence-corrected chi connectivity index (χ4v) is 2.26. The maximum absolute atomic E-state index is 13.7. The normalized spacial score (nSPS) is 11.6. The van der Waals surface area contributed by atoms with Crippen molar-refractivity contribution in [2.45, 2.75) is 38.7 Å². The topological polar surface area (TPSA) is 26.3 Å². The van der Waals surface area contributed by atoms with E-state index in [4.69, 9.17) is 16.3 Å². The lowest BCUT2D eigenvalue weighted by atomic mass is 9.88. The highest BCUT2D eigenvalue weighted by Crippen LogP contribution is 2.25. The molecule has 100 valence electrons. The summed E-state index contributed by atoms with van der Waals surface area (Å²) in [5.41, 5.74) is -0.509. The average Bonchev–Trinajstić information content (AvgIpc) is 2.38. The van der Waals surface area contributed by atoms with Crippen LogP contribution in [0.2, 0.25) is 5.02 Å². The van der Waals surface area contributed by atoms with Crippen LogP contribution in [-0.4, -0.2) is 18.5 Å². The first-order valence-corrected chi connectivity index (χ1v) is 6.39. The van der Waals surface area contributed by atoms with Gasteiger partial charge in [-0.05, 0) is 24.5 Å². The van der Waals surface area contributed by atoms with Crippen molar-refractivity contribution >= 4 is 17.4 Å². The highest BCUT2D eigenvalue weighted by molar-refractivity contribution is 6.30. The zero-order valence-electron chi connectivity index (χ0n) is 10.9. The predicted molar refractivity (Wildman–Crippen MR) is 70.4 cm³/mol. The first kappa shape index (κ1) is 15.1. The van der Waals surface area contributed by atoms with Crippen LogP contribution in [0.1, 0.15) is 32.3 Å². The summed E-state index contributed by atoms with van der Waals surface area (Å²) in [6, 6.07) is 4.68. The lowest BCUT2D eigenvalue weighted by Gasteiger charge is -2.28. The lowest BCUT2D eigenvalue weighted by molar-refractivity contribution is -0.141. The van der Waals surface area contributed by atoms with Gasteiger partial charge in [-0.3, -0.25) is 4.79 Å². The number of carbonyl (C=O) groups is 1.